The summed E-state index contributed by atoms with van der Waals surface area (Å²) in [5.41, 5.74) is 0.0718. The van der Waals surface area contributed by atoms with Crippen molar-refractivity contribution in [1.82, 2.24) is 0 Å². The van der Waals surface area contributed by atoms with Crippen molar-refractivity contribution in [3.8, 4) is 0 Å². The highest BCUT2D eigenvalue weighted by molar-refractivity contribution is 5.99. The third-order valence-electron chi connectivity index (χ3n) is 2.68. The first-order valence-corrected chi connectivity index (χ1v) is 5.73. The van der Waals surface area contributed by atoms with Crippen LogP contribution in [0.25, 0.3) is 6.08 Å². The van der Waals surface area contributed by atoms with E-state index in [-0.39, 0.29) is 11.6 Å². The molecule has 1 nitrogen and oxygen atoms in total. The van der Waals surface area contributed by atoms with E-state index in [4.69, 9.17) is 0 Å². The first kappa shape index (κ1) is 19.0. The first-order valence-electron chi connectivity index (χ1n) is 5.73. The van der Waals surface area contributed by atoms with Gasteiger partial charge in [-0.1, -0.05) is 36.4 Å². The van der Waals surface area contributed by atoms with Crippen molar-refractivity contribution >= 4 is 11.9 Å². The van der Waals surface area contributed by atoms with Crippen LogP contribution in [-0.4, -0.2) is 29.7 Å². The molecule has 0 aromatic heterocycles. The molecule has 10 heteroatoms. The lowest BCUT2D eigenvalue weighted by Gasteiger charge is -2.32. The van der Waals surface area contributed by atoms with E-state index in [2.05, 4.69) is 0 Å². The van der Waals surface area contributed by atoms with E-state index < -0.39 is 29.7 Å². The highest BCUT2D eigenvalue weighted by Crippen LogP contribution is 2.53. The minimum atomic E-state index is -7.08. The molecule has 0 bridgehead atoms. The van der Waals surface area contributed by atoms with Crippen molar-refractivity contribution in [2.75, 3.05) is 0 Å². The minimum absolute atomic E-state index is 0.0718. The van der Waals surface area contributed by atoms with Gasteiger partial charge >= 0.3 is 23.9 Å². The molecule has 0 fully saturated rings. The minimum Gasteiger partial charge on any atom is -0.288 e. The van der Waals surface area contributed by atoms with Gasteiger partial charge in [0.25, 0.3) is 0 Å². The van der Waals surface area contributed by atoms with Crippen LogP contribution in [0, 0.1) is 0 Å². The molecular formula is C13H7F9O. The third-order valence-corrected chi connectivity index (χ3v) is 2.68. The number of allylic oxidation sites excluding steroid dienone is 1. The second-order valence-corrected chi connectivity index (χ2v) is 4.33. The second-order valence-electron chi connectivity index (χ2n) is 4.33. The van der Waals surface area contributed by atoms with Crippen LogP contribution in [-0.2, 0) is 4.79 Å². The average Bonchev–Trinajstić information content (AvgIpc) is 2.44. The molecule has 0 unspecified atom stereocenters. The average molecular weight is 350 g/mol. The second kappa shape index (κ2) is 5.89. The molecule has 0 saturated heterocycles. The van der Waals surface area contributed by atoms with Crippen LogP contribution in [0.15, 0.2) is 36.4 Å². The monoisotopic (exact) mass is 350 g/mol. The molecule has 0 radical (unpaired) electrons. The van der Waals surface area contributed by atoms with Crippen LogP contribution in [0.3, 0.4) is 0 Å². The number of halogens is 9. The van der Waals surface area contributed by atoms with Crippen molar-refractivity contribution in [3.63, 3.8) is 0 Å². The van der Waals surface area contributed by atoms with Gasteiger partial charge in [0.15, 0.2) is 0 Å². The van der Waals surface area contributed by atoms with Gasteiger partial charge in [0.2, 0.25) is 5.78 Å². The van der Waals surface area contributed by atoms with E-state index >= 15 is 0 Å². The van der Waals surface area contributed by atoms with Gasteiger partial charge in [-0.15, -0.1) is 0 Å². The summed E-state index contributed by atoms with van der Waals surface area (Å²) in [5, 5.41) is 0. The molecule has 128 valence electrons. The van der Waals surface area contributed by atoms with Crippen LogP contribution < -0.4 is 0 Å². The smallest absolute Gasteiger partial charge is 0.288 e. The zero-order valence-electron chi connectivity index (χ0n) is 10.9. The van der Waals surface area contributed by atoms with Gasteiger partial charge in [0.1, 0.15) is 0 Å². The Morgan fingerprint density at radius 2 is 1.26 bits per heavy atom. The SMILES string of the molecule is O=C(/C=C/c1ccccc1)C(F)(F)C(F)(F)C(F)(F)C(F)(F)F. The van der Waals surface area contributed by atoms with Crippen LogP contribution in [0.4, 0.5) is 39.5 Å². The normalized spacial score (nSPS) is 14.3. The van der Waals surface area contributed by atoms with Gasteiger partial charge in [0, 0.05) is 0 Å². The molecule has 0 aliphatic rings. The van der Waals surface area contributed by atoms with Gasteiger partial charge in [0.05, 0.1) is 0 Å². The summed E-state index contributed by atoms with van der Waals surface area (Å²) in [6.07, 6.45) is -6.56. The molecule has 0 N–H and O–H groups in total. The highest BCUT2D eigenvalue weighted by atomic mass is 19.4. The van der Waals surface area contributed by atoms with Gasteiger partial charge in [-0.05, 0) is 11.6 Å². The Morgan fingerprint density at radius 1 is 0.783 bits per heavy atom. The number of hydrogen-bond acceptors (Lipinski definition) is 1. The Morgan fingerprint density at radius 3 is 1.70 bits per heavy atom. The summed E-state index contributed by atoms with van der Waals surface area (Å²) in [6, 6.07) is 6.77. The molecule has 0 amide bonds. The zero-order valence-corrected chi connectivity index (χ0v) is 10.9. The number of ketones is 1. The summed E-state index contributed by atoms with van der Waals surface area (Å²) in [4.78, 5) is 11.0. The fourth-order valence-electron chi connectivity index (χ4n) is 1.37. The van der Waals surface area contributed by atoms with Gasteiger partial charge in [-0.25, -0.2) is 0 Å². The molecule has 1 aromatic carbocycles. The van der Waals surface area contributed by atoms with Crippen LogP contribution in [0.1, 0.15) is 5.56 Å². The summed E-state index contributed by atoms with van der Waals surface area (Å²) in [7, 11) is 0. The predicted octanol–water partition coefficient (Wildman–Crippen LogP) is 4.74. The quantitative estimate of drug-likeness (QED) is 0.554. The van der Waals surface area contributed by atoms with Crippen molar-refractivity contribution in [2.45, 2.75) is 23.9 Å². The topological polar surface area (TPSA) is 17.1 Å². The number of hydrogen-bond donors (Lipinski definition) is 0. The van der Waals surface area contributed by atoms with Gasteiger partial charge in [-0.2, -0.15) is 39.5 Å². The first-order chi connectivity index (χ1) is 10.2. The molecule has 0 heterocycles. The van der Waals surface area contributed by atoms with E-state index in [1.54, 1.807) is 0 Å². The van der Waals surface area contributed by atoms with E-state index in [1.807, 2.05) is 0 Å². The third kappa shape index (κ3) is 3.35. The molecule has 0 aliphatic carbocycles. The molecule has 23 heavy (non-hydrogen) atoms. The molecule has 1 aromatic rings. The number of rotatable bonds is 5. The fraction of sp³-hybridized carbons (Fsp3) is 0.308. The molecule has 0 saturated carbocycles. The van der Waals surface area contributed by atoms with Crippen LogP contribution in [0.5, 0.6) is 0 Å². The number of benzene rings is 1. The number of carbonyl (C=O) groups excluding carboxylic acids is 1. The highest BCUT2D eigenvalue weighted by Gasteiger charge is 2.83. The predicted molar refractivity (Wildman–Crippen MR) is 61.4 cm³/mol. The lowest BCUT2D eigenvalue weighted by Crippen LogP contribution is -2.63. The lowest BCUT2D eigenvalue weighted by molar-refractivity contribution is -0.387. The van der Waals surface area contributed by atoms with E-state index in [9.17, 15) is 44.3 Å². The number of carbonyl (C=O) groups is 1. The summed E-state index contributed by atoms with van der Waals surface area (Å²) in [6.45, 7) is 0. The Labute approximate surface area is 123 Å². The maximum Gasteiger partial charge on any atom is 0.460 e. The van der Waals surface area contributed by atoms with Crippen molar-refractivity contribution < 1.29 is 44.3 Å². The zero-order chi connectivity index (χ0) is 18.1. The molecule has 1 rings (SSSR count). The Kier molecular flexibility index (Phi) is 4.88. The fourth-order valence-corrected chi connectivity index (χ4v) is 1.37. The summed E-state index contributed by atoms with van der Waals surface area (Å²) < 4.78 is 113. The van der Waals surface area contributed by atoms with Crippen molar-refractivity contribution in [3.05, 3.63) is 42.0 Å². The Balaban J connectivity index is 3.14. The molecule has 0 aliphatic heterocycles. The largest absolute Gasteiger partial charge is 0.460 e. The summed E-state index contributed by atoms with van der Waals surface area (Å²) in [5.74, 6) is -23.2. The standard InChI is InChI=1S/C13H7F9O/c14-10(15,11(16,17)12(18,19)13(20,21)22)9(23)7-6-8-4-2-1-3-5-8/h1-7H/b7-6+. The molecule has 0 spiro atoms. The Hall–Kier alpha value is -2.00. The van der Waals surface area contributed by atoms with E-state index in [0.29, 0.717) is 6.08 Å². The molecular weight excluding hydrogens is 343 g/mol. The van der Waals surface area contributed by atoms with Crippen molar-refractivity contribution in [1.29, 1.82) is 0 Å². The van der Waals surface area contributed by atoms with Crippen molar-refractivity contribution in [2.24, 2.45) is 0 Å². The van der Waals surface area contributed by atoms with Crippen LogP contribution >= 0.6 is 0 Å². The molecule has 0 atom stereocenters. The van der Waals surface area contributed by atoms with Gasteiger partial charge < -0.3 is 0 Å². The summed E-state index contributed by atoms with van der Waals surface area (Å²) >= 11 is 0. The van der Waals surface area contributed by atoms with Crippen LogP contribution in [0.2, 0.25) is 0 Å². The van der Waals surface area contributed by atoms with E-state index in [0.717, 1.165) is 0 Å². The van der Waals surface area contributed by atoms with E-state index in [1.165, 1.54) is 30.3 Å². The number of alkyl halides is 9. The lowest BCUT2D eigenvalue weighted by atomic mass is 9.99. The Bertz CT molecular complexity index is 587. The maximum atomic E-state index is 13.2. The van der Waals surface area contributed by atoms with Gasteiger partial charge in [-0.3, -0.25) is 4.79 Å². The maximum absolute atomic E-state index is 13.2.